The van der Waals surface area contributed by atoms with Crippen LogP contribution in [0.15, 0.2) is 36.4 Å². The fourth-order valence-electron chi connectivity index (χ4n) is 2.47. The van der Waals surface area contributed by atoms with Crippen LogP contribution in [0.1, 0.15) is 52.7 Å². The Morgan fingerprint density at radius 1 is 1.12 bits per heavy atom. The molecule has 0 fully saturated rings. The Morgan fingerprint density at radius 2 is 1.72 bits per heavy atom. The minimum Gasteiger partial charge on any atom is -0.444 e. The van der Waals surface area contributed by atoms with Crippen molar-refractivity contribution in [3.05, 3.63) is 47.5 Å². The number of nitrogen functional groups attached to an aromatic ring is 1. The minimum absolute atomic E-state index is 0.338. The number of nitrogens with zero attached hydrogens (tertiary/aromatic N) is 2. The van der Waals surface area contributed by atoms with Crippen LogP contribution in [-0.4, -0.2) is 40.6 Å². The van der Waals surface area contributed by atoms with Crippen molar-refractivity contribution >= 4 is 29.3 Å². The second-order valence-corrected chi connectivity index (χ2v) is 8.23. The number of ether oxygens (including phenoxy) is 1. The third-order valence-electron chi connectivity index (χ3n) is 4.40. The zero-order chi connectivity index (χ0) is 24.5. The van der Waals surface area contributed by atoms with Gasteiger partial charge < -0.3 is 21.1 Å². The quantitative estimate of drug-likeness (QED) is 0.591. The Labute approximate surface area is 191 Å². The summed E-state index contributed by atoms with van der Waals surface area (Å²) in [7, 11) is 1.52. The fraction of sp³-hybridized carbons (Fsp3) is 0.458. The Bertz CT molecular complexity index is 891. The molecule has 0 spiro atoms. The maximum absolute atomic E-state index is 12.6. The summed E-state index contributed by atoms with van der Waals surface area (Å²) in [5.41, 5.74) is 8.11. The van der Waals surface area contributed by atoms with Crippen LogP contribution in [0.25, 0.3) is 0 Å². The predicted molar refractivity (Wildman–Crippen MR) is 131 cm³/mol. The van der Waals surface area contributed by atoms with Crippen molar-refractivity contribution in [1.29, 1.82) is 0 Å². The van der Waals surface area contributed by atoms with E-state index in [9.17, 15) is 9.59 Å². The number of rotatable bonds is 6. The second kappa shape index (κ2) is 11.9. The largest absolute Gasteiger partial charge is 0.444 e. The van der Waals surface area contributed by atoms with Gasteiger partial charge in [0, 0.05) is 13.6 Å². The fourth-order valence-corrected chi connectivity index (χ4v) is 2.47. The normalized spacial score (nSPS) is 11.5. The highest BCUT2D eigenvalue weighted by Crippen LogP contribution is 2.20. The van der Waals surface area contributed by atoms with E-state index in [0.717, 1.165) is 5.56 Å². The van der Waals surface area contributed by atoms with Crippen LogP contribution >= 0.6 is 0 Å². The average Bonchev–Trinajstić information content (AvgIpc) is 2.74. The van der Waals surface area contributed by atoms with E-state index in [1.54, 1.807) is 39.8 Å². The summed E-state index contributed by atoms with van der Waals surface area (Å²) in [6, 6.07) is 10.7. The Balaban J connectivity index is 0.00000249. The van der Waals surface area contributed by atoms with Crippen molar-refractivity contribution in [2.45, 2.75) is 66.7 Å². The standard InChI is InChI=1S/C22H31N5O3.C2H6/c1-14-7-9-16(10-8-14)13-24-19-17(23)11-12-18(25-19)26-20(28)15(2)27(6)21(29)30-22(3,4)5;1-2/h7-12,15H,13,23H2,1-6H3,(H2,24,25,26,28);1-2H3. The van der Waals surface area contributed by atoms with E-state index in [-0.39, 0.29) is 5.91 Å². The van der Waals surface area contributed by atoms with E-state index >= 15 is 0 Å². The molecule has 0 aliphatic heterocycles. The Hall–Kier alpha value is -3.29. The summed E-state index contributed by atoms with van der Waals surface area (Å²) in [4.78, 5) is 30.4. The summed E-state index contributed by atoms with van der Waals surface area (Å²) >= 11 is 0. The van der Waals surface area contributed by atoms with Crippen LogP contribution < -0.4 is 16.4 Å². The molecule has 2 rings (SSSR count). The molecule has 1 aromatic heterocycles. The SMILES string of the molecule is CC.Cc1ccc(CNc2nc(NC(=O)C(C)N(C)C(=O)OC(C)(C)C)ccc2N)cc1. The van der Waals surface area contributed by atoms with Crippen molar-refractivity contribution in [1.82, 2.24) is 9.88 Å². The molecule has 0 bridgehead atoms. The van der Waals surface area contributed by atoms with Crippen LogP contribution in [0.4, 0.5) is 22.1 Å². The smallest absolute Gasteiger partial charge is 0.410 e. The lowest BCUT2D eigenvalue weighted by atomic mass is 10.1. The lowest BCUT2D eigenvalue weighted by Crippen LogP contribution is -2.45. The third kappa shape index (κ3) is 8.45. The van der Waals surface area contributed by atoms with Gasteiger partial charge in [-0.25, -0.2) is 9.78 Å². The first kappa shape index (κ1) is 26.7. The minimum atomic E-state index is -0.747. The molecule has 0 saturated heterocycles. The van der Waals surface area contributed by atoms with Gasteiger partial charge in [0.15, 0.2) is 5.82 Å². The Kier molecular flexibility index (Phi) is 9.97. The number of benzene rings is 1. The summed E-state index contributed by atoms with van der Waals surface area (Å²) in [5.74, 6) is 0.427. The van der Waals surface area contributed by atoms with Crippen LogP contribution in [0.2, 0.25) is 0 Å². The van der Waals surface area contributed by atoms with Crippen LogP contribution in [0.3, 0.4) is 0 Å². The monoisotopic (exact) mass is 443 g/mol. The van der Waals surface area contributed by atoms with Crippen molar-refractivity contribution in [3.63, 3.8) is 0 Å². The maximum Gasteiger partial charge on any atom is 0.410 e. The molecular weight excluding hydrogens is 406 g/mol. The molecule has 2 amide bonds. The van der Waals surface area contributed by atoms with Gasteiger partial charge in [-0.1, -0.05) is 43.7 Å². The van der Waals surface area contributed by atoms with Gasteiger partial charge in [-0.15, -0.1) is 0 Å². The number of aromatic nitrogens is 1. The molecule has 1 aromatic carbocycles. The summed E-state index contributed by atoms with van der Waals surface area (Å²) in [6.45, 7) is 13.5. The number of hydrogen-bond donors (Lipinski definition) is 3. The molecule has 0 aliphatic carbocycles. The highest BCUT2D eigenvalue weighted by Gasteiger charge is 2.27. The Morgan fingerprint density at radius 3 is 2.28 bits per heavy atom. The van der Waals surface area contributed by atoms with Gasteiger partial charge in [0.05, 0.1) is 5.69 Å². The van der Waals surface area contributed by atoms with Crippen LogP contribution in [-0.2, 0) is 16.1 Å². The average molecular weight is 444 g/mol. The van der Waals surface area contributed by atoms with Gasteiger partial charge in [0.2, 0.25) is 5.91 Å². The molecule has 2 aromatic rings. The van der Waals surface area contributed by atoms with E-state index in [0.29, 0.717) is 23.9 Å². The molecule has 0 aliphatic rings. The van der Waals surface area contributed by atoms with Crippen LogP contribution in [0.5, 0.6) is 0 Å². The molecular formula is C24H37N5O3. The van der Waals surface area contributed by atoms with Crippen molar-refractivity contribution in [2.75, 3.05) is 23.4 Å². The van der Waals surface area contributed by atoms with Gasteiger partial charge in [-0.05, 0) is 52.3 Å². The third-order valence-corrected chi connectivity index (χ3v) is 4.40. The second-order valence-electron chi connectivity index (χ2n) is 8.23. The zero-order valence-corrected chi connectivity index (χ0v) is 20.4. The molecule has 32 heavy (non-hydrogen) atoms. The number of hydrogen-bond acceptors (Lipinski definition) is 6. The molecule has 176 valence electrons. The molecule has 4 N–H and O–H groups in total. The maximum atomic E-state index is 12.6. The number of amides is 2. The number of anilines is 3. The number of carbonyl (C=O) groups excluding carboxylic acids is 2. The van der Waals surface area contributed by atoms with Gasteiger partial charge in [-0.3, -0.25) is 9.69 Å². The van der Waals surface area contributed by atoms with Gasteiger partial charge in [0.1, 0.15) is 17.5 Å². The lowest BCUT2D eigenvalue weighted by Gasteiger charge is -2.28. The molecule has 1 heterocycles. The molecule has 0 saturated carbocycles. The number of pyridine rings is 1. The van der Waals surface area contributed by atoms with Crippen LogP contribution in [0, 0.1) is 6.92 Å². The van der Waals surface area contributed by atoms with Crippen molar-refractivity contribution in [2.24, 2.45) is 0 Å². The van der Waals surface area contributed by atoms with E-state index < -0.39 is 17.7 Å². The van der Waals surface area contributed by atoms with Gasteiger partial charge in [-0.2, -0.15) is 0 Å². The summed E-state index contributed by atoms with van der Waals surface area (Å²) in [5, 5.41) is 5.90. The van der Waals surface area contributed by atoms with E-state index in [1.165, 1.54) is 17.5 Å². The number of nitrogens with one attached hydrogen (secondary N) is 2. The first-order chi connectivity index (χ1) is 15.0. The highest BCUT2D eigenvalue weighted by atomic mass is 16.6. The summed E-state index contributed by atoms with van der Waals surface area (Å²) < 4.78 is 5.30. The van der Waals surface area contributed by atoms with Gasteiger partial charge >= 0.3 is 6.09 Å². The first-order valence-electron chi connectivity index (χ1n) is 10.8. The topological polar surface area (TPSA) is 110 Å². The first-order valence-corrected chi connectivity index (χ1v) is 10.8. The van der Waals surface area contributed by atoms with Crippen molar-refractivity contribution in [3.8, 4) is 0 Å². The number of likely N-dealkylation sites (N-methyl/N-ethyl adjacent to an activating group) is 1. The van der Waals surface area contributed by atoms with E-state index in [2.05, 4.69) is 15.6 Å². The van der Waals surface area contributed by atoms with Crippen molar-refractivity contribution < 1.29 is 14.3 Å². The molecule has 1 atom stereocenters. The summed E-state index contributed by atoms with van der Waals surface area (Å²) in [6.07, 6.45) is -0.573. The number of aryl methyl sites for hydroxylation is 1. The molecule has 1 unspecified atom stereocenters. The van der Waals surface area contributed by atoms with E-state index in [1.807, 2.05) is 45.0 Å². The predicted octanol–water partition coefficient (Wildman–Crippen LogP) is 4.80. The van der Waals surface area contributed by atoms with Gasteiger partial charge in [0.25, 0.3) is 0 Å². The lowest BCUT2D eigenvalue weighted by molar-refractivity contribution is -0.120. The zero-order valence-electron chi connectivity index (χ0n) is 20.4. The number of nitrogens with two attached hydrogens (primary N) is 1. The van der Waals surface area contributed by atoms with E-state index in [4.69, 9.17) is 10.5 Å². The number of carbonyl (C=O) groups is 2. The highest BCUT2D eigenvalue weighted by molar-refractivity contribution is 5.95. The molecule has 8 heteroatoms. The molecule has 8 nitrogen and oxygen atoms in total. The molecule has 0 radical (unpaired) electrons.